The van der Waals surface area contributed by atoms with Crippen molar-refractivity contribution < 1.29 is 9.53 Å². The number of anilines is 1. The van der Waals surface area contributed by atoms with Crippen LogP contribution in [0.1, 0.15) is 30.7 Å². The topological polar surface area (TPSA) is 93.1 Å². The summed E-state index contributed by atoms with van der Waals surface area (Å²) < 4.78 is 5.46. The number of nitrogens with one attached hydrogen (secondary N) is 1. The molecule has 0 radical (unpaired) electrons. The summed E-state index contributed by atoms with van der Waals surface area (Å²) in [5, 5.41) is 14.0. The van der Waals surface area contributed by atoms with E-state index in [4.69, 9.17) is 4.74 Å². The van der Waals surface area contributed by atoms with Crippen LogP contribution >= 0.6 is 11.3 Å². The van der Waals surface area contributed by atoms with Gasteiger partial charge in [-0.2, -0.15) is 0 Å². The fraction of sp³-hybridized carbons (Fsp3) is 0.500. The van der Waals surface area contributed by atoms with Crippen molar-refractivity contribution in [3.8, 4) is 10.6 Å². The molecule has 0 spiro atoms. The Balaban J connectivity index is 1.24. The van der Waals surface area contributed by atoms with E-state index < -0.39 is 0 Å². The molecule has 0 atom stereocenters. The third-order valence-electron chi connectivity index (χ3n) is 6.22. The van der Waals surface area contributed by atoms with Crippen LogP contribution in [0.2, 0.25) is 0 Å². The molecule has 1 saturated carbocycles. The number of hydrogen-bond acceptors (Lipinski definition) is 8. The summed E-state index contributed by atoms with van der Waals surface area (Å²) in [4.78, 5) is 24.3. The standard InChI is InChI=1S/C22H26N6O2S/c1-14-26-27-22(31-14)17-10-16-11-20(24-13-19(16)23-12-17)25-21(29)15-2-4-18(5-3-15)28-6-8-30-9-7-28/h10-13,15,18H,2-9H2,1H3,(H,24,25,29)/t15-,18-. The van der Waals surface area contributed by atoms with Gasteiger partial charge in [0.05, 0.1) is 24.9 Å². The molecule has 5 rings (SSSR count). The molecule has 3 aromatic heterocycles. The largest absolute Gasteiger partial charge is 0.379 e. The van der Waals surface area contributed by atoms with Crippen LogP contribution in [0.3, 0.4) is 0 Å². The third kappa shape index (κ3) is 4.58. The second kappa shape index (κ2) is 8.94. The number of aromatic nitrogens is 4. The molecule has 9 heteroatoms. The highest BCUT2D eigenvalue weighted by Crippen LogP contribution is 2.30. The summed E-state index contributed by atoms with van der Waals surface area (Å²) in [7, 11) is 0. The Morgan fingerprint density at radius 3 is 2.65 bits per heavy atom. The van der Waals surface area contributed by atoms with Crippen molar-refractivity contribution in [2.75, 3.05) is 31.6 Å². The molecule has 8 nitrogen and oxygen atoms in total. The number of fused-ring (bicyclic) bond motifs is 1. The van der Waals surface area contributed by atoms with Gasteiger partial charge >= 0.3 is 0 Å². The first-order valence-corrected chi connectivity index (χ1v) is 11.7. The second-order valence-electron chi connectivity index (χ2n) is 8.26. The summed E-state index contributed by atoms with van der Waals surface area (Å²) in [6.07, 6.45) is 7.47. The van der Waals surface area contributed by atoms with Gasteiger partial charge < -0.3 is 10.1 Å². The van der Waals surface area contributed by atoms with Gasteiger partial charge in [-0.1, -0.05) is 11.3 Å². The van der Waals surface area contributed by atoms with Crippen molar-refractivity contribution in [1.29, 1.82) is 0 Å². The molecular formula is C22H26N6O2S. The lowest BCUT2D eigenvalue weighted by Gasteiger charge is -2.38. The quantitative estimate of drug-likeness (QED) is 0.668. The highest BCUT2D eigenvalue weighted by atomic mass is 32.1. The lowest BCUT2D eigenvalue weighted by molar-refractivity contribution is -0.121. The third-order valence-corrected chi connectivity index (χ3v) is 7.11. The average Bonchev–Trinajstić information content (AvgIpc) is 3.25. The van der Waals surface area contributed by atoms with Crippen LogP contribution in [-0.4, -0.2) is 63.3 Å². The number of rotatable bonds is 4. The number of ether oxygens (including phenoxy) is 1. The normalized spacial score (nSPS) is 22.5. The Morgan fingerprint density at radius 1 is 1.10 bits per heavy atom. The molecule has 3 aromatic rings. The summed E-state index contributed by atoms with van der Waals surface area (Å²) in [6, 6.07) is 4.49. The Bertz CT molecular complexity index is 1070. The van der Waals surface area contributed by atoms with E-state index in [1.165, 1.54) is 11.3 Å². The van der Waals surface area contributed by atoms with E-state index in [0.29, 0.717) is 11.9 Å². The van der Waals surface area contributed by atoms with E-state index in [1.807, 2.05) is 19.1 Å². The smallest absolute Gasteiger partial charge is 0.228 e. The summed E-state index contributed by atoms with van der Waals surface area (Å²) >= 11 is 1.54. The average molecular weight is 439 g/mol. The summed E-state index contributed by atoms with van der Waals surface area (Å²) in [5.41, 5.74) is 1.71. The highest BCUT2D eigenvalue weighted by Gasteiger charge is 2.30. The van der Waals surface area contributed by atoms with E-state index in [-0.39, 0.29) is 11.8 Å². The van der Waals surface area contributed by atoms with Crippen LogP contribution < -0.4 is 5.32 Å². The molecule has 1 N–H and O–H groups in total. The van der Waals surface area contributed by atoms with Crippen LogP contribution in [-0.2, 0) is 9.53 Å². The zero-order valence-corrected chi connectivity index (χ0v) is 18.4. The van der Waals surface area contributed by atoms with Crippen LogP contribution in [0, 0.1) is 12.8 Å². The minimum atomic E-state index is 0.0450. The number of aryl methyl sites for hydroxylation is 1. The minimum absolute atomic E-state index is 0.0450. The van der Waals surface area contributed by atoms with Gasteiger partial charge in [0.1, 0.15) is 15.8 Å². The van der Waals surface area contributed by atoms with E-state index in [2.05, 4.69) is 30.4 Å². The molecule has 0 unspecified atom stereocenters. The number of carbonyl (C=O) groups is 1. The fourth-order valence-corrected chi connectivity index (χ4v) is 5.18. The van der Waals surface area contributed by atoms with E-state index in [0.717, 1.165) is 78.5 Å². The molecule has 0 bridgehead atoms. The van der Waals surface area contributed by atoms with E-state index in [9.17, 15) is 4.79 Å². The first-order chi connectivity index (χ1) is 15.2. The van der Waals surface area contributed by atoms with Gasteiger partial charge in [0.25, 0.3) is 0 Å². The number of amides is 1. The molecule has 0 aromatic carbocycles. The summed E-state index contributed by atoms with van der Waals surface area (Å²) in [5.74, 6) is 0.681. The van der Waals surface area contributed by atoms with Crippen molar-refractivity contribution >= 4 is 34.0 Å². The van der Waals surface area contributed by atoms with Crippen molar-refractivity contribution in [3.63, 3.8) is 0 Å². The first-order valence-electron chi connectivity index (χ1n) is 10.8. The van der Waals surface area contributed by atoms with E-state index in [1.54, 1.807) is 12.4 Å². The van der Waals surface area contributed by atoms with Gasteiger partial charge in [0, 0.05) is 42.2 Å². The molecule has 1 saturated heterocycles. The SMILES string of the molecule is Cc1nnc(-c2cnc3cnc(NC(=O)[C@H]4CC[C@H](N5CCOCC5)CC4)cc3c2)s1. The lowest BCUT2D eigenvalue weighted by Crippen LogP contribution is -2.45. The van der Waals surface area contributed by atoms with Gasteiger partial charge in [-0.3, -0.25) is 14.7 Å². The first kappa shape index (κ1) is 20.4. The molecule has 1 aliphatic heterocycles. The Kier molecular flexibility index (Phi) is 5.89. The predicted octanol–water partition coefficient (Wildman–Crippen LogP) is 3.29. The zero-order valence-electron chi connectivity index (χ0n) is 17.6. The van der Waals surface area contributed by atoms with Crippen molar-refractivity contribution in [2.24, 2.45) is 5.92 Å². The summed E-state index contributed by atoms with van der Waals surface area (Å²) in [6.45, 7) is 5.60. The molecule has 31 heavy (non-hydrogen) atoms. The van der Waals surface area contributed by atoms with Crippen molar-refractivity contribution in [3.05, 3.63) is 29.5 Å². The molecule has 1 aliphatic carbocycles. The number of morpholine rings is 1. The molecular weight excluding hydrogens is 412 g/mol. The number of pyridine rings is 2. The maximum atomic E-state index is 12.9. The number of nitrogens with zero attached hydrogens (tertiary/aromatic N) is 5. The molecule has 2 fully saturated rings. The van der Waals surface area contributed by atoms with Gasteiger partial charge in [-0.05, 0) is 44.7 Å². The minimum Gasteiger partial charge on any atom is -0.379 e. The Hall–Kier alpha value is -2.49. The van der Waals surface area contributed by atoms with Crippen LogP contribution in [0.25, 0.3) is 21.5 Å². The molecule has 162 valence electrons. The van der Waals surface area contributed by atoms with Gasteiger partial charge in [0.2, 0.25) is 5.91 Å². The van der Waals surface area contributed by atoms with E-state index >= 15 is 0 Å². The second-order valence-corrected chi connectivity index (χ2v) is 9.44. The zero-order chi connectivity index (χ0) is 21.2. The highest BCUT2D eigenvalue weighted by molar-refractivity contribution is 7.14. The van der Waals surface area contributed by atoms with Crippen LogP contribution in [0.5, 0.6) is 0 Å². The van der Waals surface area contributed by atoms with Crippen molar-refractivity contribution in [2.45, 2.75) is 38.6 Å². The maximum absolute atomic E-state index is 12.9. The predicted molar refractivity (Wildman–Crippen MR) is 120 cm³/mol. The van der Waals surface area contributed by atoms with Gasteiger partial charge in [-0.15, -0.1) is 10.2 Å². The number of carbonyl (C=O) groups excluding carboxylic acids is 1. The molecule has 1 amide bonds. The van der Waals surface area contributed by atoms with Crippen LogP contribution in [0.4, 0.5) is 5.82 Å². The fourth-order valence-electron chi connectivity index (χ4n) is 4.50. The molecule has 4 heterocycles. The maximum Gasteiger partial charge on any atom is 0.228 e. The van der Waals surface area contributed by atoms with Gasteiger partial charge in [0.15, 0.2) is 0 Å². The van der Waals surface area contributed by atoms with Gasteiger partial charge in [-0.25, -0.2) is 4.98 Å². The van der Waals surface area contributed by atoms with Crippen LogP contribution in [0.15, 0.2) is 24.5 Å². The number of hydrogen-bond donors (Lipinski definition) is 1. The Labute approximate surface area is 185 Å². The Morgan fingerprint density at radius 2 is 1.90 bits per heavy atom. The van der Waals surface area contributed by atoms with Crippen molar-refractivity contribution in [1.82, 2.24) is 25.1 Å². The monoisotopic (exact) mass is 438 g/mol. The lowest BCUT2D eigenvalue weighted by atomic mass is 9.84. The molecule has 2 aliphatic rings.